The summed E-state index contributed by atoms with van der Waals surface area (Å²) in [4.78, 5) is 31.2. The fraction of sp³-hybridized carbons (Fsp3) is 0.571. The first-order valence-corrected chi connectivity index (χ1v) is 4.76. The van der Waals surface area contributed by atoms with Gasteiger partial charge in [-0.1, -0.05) is 0 Å². The molecular formula is C7H9O7P. The monoisotopic (exact) mass is 236 g/mol. The molecule has 0 aliphatic rings. The summed E-state index contributed by atoms with van der Waals surface area (Å²) in [6.07, 6.45) is -1.16. The molecule has 2 unspecified atom stereocenters. The van der Waals surface area contributed by atoms with Crippen LogP contribution in [-0.4, -0.2) is 38.9 Å². The Labute approximate surface area is 85.9 Å². The molecule has 0 radical (unpaired) electrons. The summed E-state index contributed by atoms with van der Waals surface area (Å²) < 4.78 is 10.4. The van der Waals surface area contributed by atoms with Crippen LogP contribution < -0.4 is 0 Å². The van der Waals surface area contributed by atoms with Crippen molar-refractivity contribution in [3.8, 4) is 0 Å². The first kappa shape index (κ1) is 13.5. The molecule has 0 saturated carbocycles. The molecule has 15 heavy (non-hydrogen) atoms. The van der Waals surface area contributed by atoms with Crippen molar-refractivity contribution in [2.75, 3.05) is 0 Å². The van der Waals surface area contributed by atoms with Crippen LogP contribution in [-0.2, 0) is 18.9 Å². The summed E-state index contributed by atoms with van der Waals surface area (Å²) in [6.45, 7) is 0. The largest absolute Gasteiger partial charge is 0.481 e. The topological polar surface area (TPSA) is 129 Å². The predicted molar refractivity (Wildman–Crippen MR) is 47.0 cm³/mol. The molecule has 3 N–H and O–H groups in total. The van der Waals surface area contributed by atoms with E-state index >= 15 is 0 Å². The second kappa shape index (κ2) is 6.08. The van der Waals surface area contributed by atoms with Crippen LogP contribution in [0.2, 0.25) is 0 Å². The van der Waals surface area contributed by atoms with Gasteiger partial charge in [-0.25, -0.2) is 0 Å². The molecule has 0 heterocycles. The Kier molecular flexibility index (Phi) is 5.48. The van der Waals surface area contributed by atoms with Crippen LogP contribution >= 0.6 is 8.46 Å². The smallest absolute Gasteiger partial charge is 0.318 e. The number of aliphatic carboxylic acids is 3. The van der Waals surface area contributed by atoms with Crippen molar-refractivity contribution in [3.05, 3.63) is 0 Å². The Morgan fingerprint density at radius 2 is 1.60 bits per heavy atom. The first-order chi connectivity index (χ1) is 6.88. The third-order valence-corrected chi connectivity index (χ3v) is 2.38. The zero-order valence-electron chi connectivity index (χ0n) is 7.49. The highest BCUT2D eigenvalue weighted by Gasteiger charge is 2.29. The summed E-state index contributed by atoms with van der Waals surface area (Å²) in [7, 11) is -0.725. The molecule has 0 amide bonds. The van der Waals surface area contributed by atoms with Gasteiger partial charge in [0.1, 0.15) is 5.66 Å². The zero-order valence-corrected chi connectivity index (χ0v) is 8.39. The van der Waals surface area contributed by atoms with Gasteiger partial charge < -0.3 is 15.3 Å². The average Bonchev–Trinajstić information content (AvgIpc) is 2.10. The maximum Gasteiger partial charge on any atom is 0.318 e. The lowest BCUT2D eigenvalue weighted by Gasteiger charge is -2.10. The summed E-state index contributed by atoms with van der Waals surface area (Å²) in [5.74, 6) is -5.50. The van der Waals surface area contributed by atoms with E-state index in [0.29, 0.717) is 0 Å². The molecule has 0 aromatic carbocycles. The Balaban J connectivity index is 4.51. The van der Waals surface area contributed by atoms with Crippen molar-refractivity contribution >= 4 is 26.4 Å². The van der Waals surface area contributed by atoms with Crippen molar-refractivity contribution in [2.45, 2.75) is 18.5 Å². The van der Waals surface area contributed by atoms with Crippen LogP contribution in [0.3, 0.4) is 0 Å². The summed E-state index contributed by atoms with van der Waals surface area (Å²) in [6, 6.07) is 0. The molecule has 0 aliphatic carbocycles. The summed E-state index contributed by atoms with van der Waals surface area (Å²) in [5.41, 5.74) is -1.38. The molecule has 0 fully saturated rings. The quantitative estimate of drug-likeness (QED) is 0.542. The van der Waals surface area contributed by atoms with Gasteiger partial charge in [-0.15, -0.1) is 0 Å². The molecular weight excluding hydrogens is 227 g/mol. The van der Waals surface area contributed by atoms with E-state index < -0.39 is 50.8 Å². The minimum absolute atomic E-state index is 0.470. The van der Waals surface area contributed by atoms with Gasteiger partial charge in [0.05, 0.1) is 12.3 Å². The Morgan fingerprint density at radius 3 is 1.87 bits per heavy atom. The van der Waals surface area contributed by atoms with Gasteiger partial charge in [0.2, 0.25) is 0 Å². The van der Waals surface area contributed by atoms with Gasteiger partial charge in [0, 0.05) is 0 Å². The maximum absolute atomic E-state index is 10.5. The van der Waals surface area contributed by atoms with Crippen molar-refractivity contribution in [1.82, 2.24) is 0 Å². The molecule has 0 aliphatic heterocycles. The lowest BCUT2D eigenvalue weighted by molar-refractivity contribution is -0.149. The molecule has 0 spiro atoms. The Hall–Kier alpha value is -1.49. The third kappa shape index (κ3) is 5.07. The summed E-state index contributed by atoms with van der Waals surface area (Å²) >= 11 is 0. The van der Waals surface area contributed by atoms with E-state index in [0.717, 1.165) is 0 Å². The van der Waals surface area contributed by atoms with E-state index in [1.54, 1.807) is 0 Å². The van der Waals surface area contributed by atoms with E-state index in [4.69, 9.17) is 15.3 Å². The highest BCUT2D eigenvalue weighted by molar-refractivity contribution is 7.26. The van der Waals surface area contributed by atoms with Gasteiger partial charge in [-0.3, -0.25) is 18.9 Å². The van der Waals surface area contributed by atoms with Gasteiger partial charge in [0.25, 0.3) is 0 Å². The number of carbonyl (C=O) groups is 3. The van der Waals surface area contributed by atoms with Crippen LogP contribution in [0, 0.1) is 5.92 Å². The third-order valence-electron chi connectivity index (χ3n) is 1.69. The fourth-order valence-electron chi connectivity index (χ4n) is 0.941. The minimum atomic E-state index is -1.41. The lowest BCUT2D eigenvalue weighted by atomic mass is 9.99. The van der Waals surface area contributed by atoms with Crippen LogP contribution in [0.4, 0.5) is 0 Å². The molecule has 0 rings (SSSR count). The zero-order chi connectivity index (χ0) is 12.0. The second-order valence-corrected chi connectivity index (χ2v) is 3.66. The van der Waals surface area contributed by atoms with Crippen LogP contribution in [0.15, 0.2) is 0 Å². The predicted octanol–water partition coefficient (Wildman–Crippen LogP) is 0.297. The van der Waals surface area contributed by atoms with E-state index in [-0.39, 0.29) is 0 Å². The van der Waals surface area contributed by atoms with Gasteiger partial charge in [-0.05, 0) is 6.42 Å². The van der Waals surface area contributed by atoms with Gasteiger partial charge >= 0.3 is 17.9 Å². The first-order valence-electron chi connectivity index (χ1n) is 3.88. The van der Waals surface area contributed by atoms with Crippen LogP contribution in [0.25, 0.3) is 0 Å². The van der Waals surface area contributed by atoms with Crippen molar-refractivity contribution in [1.29, 1.82) is 0 Å². The highest BCUT2D eigenvalue weighted by atomic mass is 31.1. The average molecular weight is 236 g/mol. The van der Waals surface area contributed by atoms with E-state index in [9.17, 15) is 18.9 Å². The standard InChI is InChI=1S/C7H9O7P/c8-5(9)2-3(6(10)11)1-4(15-14)7(12)13/h3-4H,1-2H2,(H,8,9)(H,10,11)(H,12,13). The molecule has 0 bridgehead atoms. The molecule has 0 aromatic rings. The highest BCUT2D eigenvalue weighted by Crippen LogP contribution is 2.20. The normalized spacial score (nSPS) is 14.4. The van der Waals surface area contributed by atoms with E-state index in [2.05, 4.69) is 0 Å². The molecule has 7 nitrogen and oxygen atoms in total. The number of rotatable bonds is 7. The minimum Gasteiger partial charge on any atom is -0.481 e. The second-order valence-electron chi connectivity index (χ2n) is 2.83. The SMILES string of the molecule is O=PC(CC(CC(=O)O)C(=O)O)C(=O)O. The number of carboxylic acid groups (broad SMARTS) is 3. The lowest BCUT2D eigenvalue weighted by Crippen LogP contribution is -2.25. The van der Waals surface area contributed by atoms with Crippen molar-refractivity contribution in [2.24, 2.45) is 5.92 Å². The summed E-state index contributed by atoms with van der Waals surface area (Å²) in [5, 5.41) is 25.4. The van der Waals surface area contributed by atoms with Crippen molar-refractivity contribution < 1.29 is 34.3 Å². The molecule has 2 atom stereocenters. The van der Waals surface area contributed by atoms with E-state index in [1.807, 2.05) is 0 Å². The van der Waals surface area contributed by atoms with Crippen LogP contribution in [0.5, 0.6) is 0 Å². The molecule has 8 heteroatoms. The molecule has 84 valence electrons. The molecule has 0 saturated heterocycles. The fourth-order valence-corrected chi connectivity index (χ4v) is 1.37. The Bertz CT molecular complexity index is 287. The number of hydrogen-bond donors (Lipinski definition) is 3. The van der Waals surface area contributed by atoms with Crippen LogP contribution in [0.1, 0.15) is 12.8 Å². The van der Waals surface area contributed by atoms with Gasteiger partial charge in [0.15, 0.2) is 8.46 Å². The van der Waals surface area contributed by atoms with Gasteiger partial charge in [-0.2, -0.15) is 0 Å². The number of carboxylic acids is 3. The van der Waals surface area contributed by atoms with Crippen molar-refractivity contribution in [3.63, 3.8) is 0 Å². The van der Waals surface area contributed by atoms with E-state index in [1.165, 1.54) is 0 Å². The number of hydrogen-bond acceptors (Lipinski definition) is 4. The maximum atomic E-state index is 10.5. The molecule has 0 aromatic heterocycles. The Morgan fingerprint density at radius 1 is 1.07 bits per heavy atom.